The molecule has 2 rings (SSSR count). The molecule has 2 N–H and O–H groups in total. The Morgan fingerprint density at radius 3 is 3.07 bits per heavy atom. The number of H-pyrrole nitrogens is 1. The van der Waals surface area contributed by atoms with Crippen molar-refractivity contribution in [2.24, 2.45) is 0 Å². The zero-order chi connectivity index (χ0) is 9.97. The summed E-state index contributed by atoms with van der Waals surface area (Å²) < 4.78 is 1.02. The molecule has 0 saturated heterocycles. The van der Waals surface area contributed by atoms with Crippen LogP contribution in [0.4, 0.5) is 0 Å². The van der Waals surface area contributed by atoms with Crippen LogP contribution in [0.3, 0.4) is 0 Å². The molecule has 74 valence electrons. The Hall–Kier alpha value is -0.870. The zero-order valence-corrected chi connectivity index (χ0v) is 9.21. The van der Waals surface area contributed by atoms with Crippen LogP contribution >= 0.6 is 15.9 Å². The van der Waals surface area contributed by atoms with Crippen molar-refractivity contribution in [2.45, 2.75) is 12.8 Å². The van der Waals surface area contributed by atoms with E-state index in [1.165, 1.54) is 0 Å². The molecule has 2 aromatic heterocycles. The van der Waals surface area contributed by atoms with Gasteiger partial charge in [0.05, 0.1) is 9.99 Å². The molecule has 0 atom stereocenters. The van der Waals surface area contributed by atoms with E-state index < -0.39 is 0 Å². The quantitative estimate of drug-likeness (QED) is 0.883. The minimum atomic E-state index is 0.217. The molecule has 0 aliphatic heterocycles. The number of nitrogens with one attached hydrogen (secondary N) is 1. The van der Waals surface area contributed by atoms with Crippen LogP contribution in [0.25, 0.3) is 11.0 Å². The Labute approximate surface area is 90.3 Å². The molecule has 0 bridgehead atoms. The van der Waals surface area contributed by atoms with Crippen molar-refractivity contribution >= 4 is 27.0 Å². The minimum absolute atomic E-state index is 0.217. The Morgan fingerprint density at radius 2 is 2.36 bits per heavy atom. The molecule has 0 saturated carbocycles. The molecule has 0 aliphatic rings. The molecule has 3 nitrogen and oxygen atoms in total. The molecule has 0 amide bonds. The number of nitrogens with zero attached hydrogens (tertiary/aromatic N) is 1. The highest BCUT2D eigenvalue weighted by Gasteiger charge is 2.08. The highest BCUT2D eigenvalue weighted by atomic mass is 79.9. The second-order valence-electron chi connectivity index (χ2n) is 3.14. The molecule has 0 radical (unpaired) electrons. The largest absolute Gasteiger partial charge is 0.396 e. The fourth-order valence-corrected chi connectivity index (χ4v) is 2.08. The number of hydrogen-bond acceptors (Lipinski definition) is 2. The van der Waals surface area contributed by atoms with Gasteiger partial charge in [0.1, 0.15) is 5.52 Å². The average molecular weight is 255 g/mol. The lowest BCUT2D eigenvalue weighted by Gasteiger charge is -1.95. The first-order valence-corrected chi connectivity index (χ1v) is 5.34. The van der Waals surface area contributed by atoms with E-state index >= 15 is 0 Å². The van der Waals surface area contributed by atoms with Gasteiger partial charge >= 0.3 is 0 Å². The zero-order valence-electron chi connectivity index (χ0n) is 7.63. The summed E-state index contributed by atoms with van der Waals surface area (Å²) in [6, 6.07) is 3.90. The lowest BCUT2D eigenvalue weighted by Crippen LogP contribution is -1.89. The van der Waals surface area contributed by atoms with Crippen molar-refractivity contribution in [1.82, 2.24) is 9.97 Å². The Morgan fingerprint density at radius 1 is 1.50 bits per heavy atom. The second-order valence-corrected chi connectivity index (χ2v) is 3.94. The van der Waals surface area contributed by atoms with E-state index in [1.54, 1.807) is 6.20 Å². The third-order valence-corrected chi connectivity index (χ3v) is 3.01. The van der Waals surface area contributed by atoms with Gasteiger partial charge in [-0.1, -0.05) is 0 Å². The molecule has 0 aromatic carbocycles. The summed E-state index contributed by atoms with van der Waals surface area (Å²) in [5.74, 6) is 0. The lowest BCUT2D eigenvalue weighted by molar-refractivity contribution is 0.288. The van der Waals surface area contributed by atoms with Crippen molar-refractivity contribution in [3.05, 3.63) is 28.5 Å². The molecule has 14 heavy (non-hydrogen) atoms. The fraction of sp³-hybridized carbons (Fsp3) is 0.300. The maximum absolute atomic E-state index is 8.75. The summed E-state index contributed by atoms with van der Waals surface area (Å²) in [5, 5.41) is 8.75. The summed E-state index contributed by atoms with van der Waals surface area (Å²) in [7, 11) is 0. The van der Waals surface area contributed by atoms with Gasteiger partial charge in [-0.15, -0.1) is 0 Å². The number of fused-ring (bicyclic) bond motifs is 1. The van der Waals surface area contributed by atoms with E-state index in [2.05, 4.69) is 25.9 Å². The van der Waals surface area contributed by atoms with Gasteiger partial charge < -0.3 is 10.1 Å². The molecule has 4 heteroatoms. The van der Waals surface area contributed by atoms with Crippen LogP contribution < -0.4 is 0 Å². The van der Waals surface area contributed by atoms with E-state index in [1.807, 2.05) is 12.1 Å². The highest BCUT2D eigenvalue weighted by molar-refractivity contribution is 9.10. The summed E-state index contributed by atoms with van der Waals surface area (Å²) in [6.45, 7) is 0.217. The molecule has 2 heterocycles. The topological polar surface area (TPSA) is 48.9 Å². The van der Waals surface area contributed by atoms with Crippen molar-refractivity contribution < 1.29 is 5.11 Å². The average Bonchev–Trinajstić information content (AvgIpc) is 2.54. The van der Waals surface area contributed by atoms with Crippen LogP contribution in [-0.2, 0) is 6.42 Å². The van der Waals surface area contributed by atoms with Crippen LogP contribution in [0.1, 0.15) is 12.1 Å². The Kier molecular flexibility index (Phi) is 2.84. The number of aliphatic hydroxyl groups excluding tert-OH is 1. The molecule has 0 unspecified atom stereocenters. The number of rotatable bonds is 3. The minimum Gasteiger partial charge on any atom is -0.396 e. The van der Waals surface area contributed by atoms with Crippen molar-refractivity contribution in [3.63, 3.8) is 0 Å². The molecular formula is C10H11BrN2O. The van der Waals surface area contributed by atoms with Gasteiger partial charge in [0, 0.05) is 18.5 Å². The summed E-state index contributed by atoms with van der Waals surface area (Å²) in [4.78, 5) is 7.55. The van der Waals surface area contributed by atoms with E-state index in [0.717, 1.165) is 34.0 Å². The van der Waals surface area contributed by atoms with Gasteiger partial charge in [-0.3, -0.25) is 4.98 Å². The standard InChI is InChI=1S/C10H11BrN2O/c11-9-7(4-2-6-14)13-8-3-1-5-12-10(8)9/h1,3,5,13-14H,2,4,6H2. The van der Waals surface area contributed by atoms with Crippen molar-refractivity contribution in [3.8, 4) is 0 Å². The highest BCUT2D eigenvalue weighted by Crippen LogP contribution is 2.26. The van der Waals surface area contributed by atoms with Gasteiger partial charge in [-0.25, -0.2) is 0 Å². The van der Waals surface area contributed by atoms with Crippen molar-refractivity contribution in [1.29, 1.82) is 0 Å². The van der Waals surface area contributed by atoms with Crippen LogP contribution in [0.15, 0.2) is 22.8 Å². The van der Waals surface area contributed by atoms with Gasteiger partial charge in [0.15, 0.2) is 0 Å². The smallest absolute Gasteiger partial charge is 0.102 e. The van der Waals surface area contributed by atoms with Crippen LogP contribution in [0.5, 0.6) is 0 Å². The van der Waals surface area contributed by atoms with Crippen LogP contribution in [0, 0.1) is 0 Å². The van der Waals surface area contributed by atoms with E-state index in [9.17, 15) is 0 Å². The van der Waals surface area contributed by atoms with E-state index in [4.69, 9.17) is 5.11 Å². The van der Waals surface area contributed by atoms with E-state index in [0.29, 0.717) is 0 Å². The third-order valence-electron chi connectivity index (χ3n) is 2.15. The number of halogens is 1. The van der Waals surface area contributed by atoms with Gasteiger partial charge in [-0.05, 0) is 40.9 Å². The molecule has 0 fully saturated rings. The number of hydrogen-bond donors (Lipinski definition) is 2. The lowest BCUT2D eigenvalue weighted by atomic mass is 10.2. The SMILES string of the molecule is OCCCc1[nH]c2cccnc2c1Br. The number of aromatic amines is 1. The second kappa shape index (κ2) is 4.11. The van der Waals surface area contributed by atoms with Gasteiger partial charge in [0.2, 0.25) is 0 Å². The van der Waals surface area contributed by atoms with Crippen LogP contribution in [0.2, 0.25) is 0 Å². The molecule has 0 aliphatic carbocycles. The number of pyridine rings is 1. The first kappa shape index (κ1) is 9.68. The number of aliphatic hydroxyl groups is 1. The van der Waals surface area contributed by atoms with E-state index in [-0.39, 0.29) is 6.61 Å². The Bertz CT molecular complexity index is 439. The maximum Gasteiger partial charge on any atom is 0.102 e. The summed E-state index contributed by atoms with van der Waals surface area (Å²) in [6.07, 6.45) is 3.38. The molecule has 0 spiro atoms. The van der Waals surface area contributed by atoms with Crippen LogP contribution in [-0.4, -0.2) is 21.7 Å². The first-order valence-electron chi connectivity index (χ1n) is 4.55. The number of aryl methyl sites for hydroxylation is 1. The van der Waals surface area contributed by atoms with Crippen molar-refractivity contribution in [2.75, 3.05) is 6.61 Å². The Balaban J connectivity index is 2.41. The summed E-state index contributed by atoms with van der Waals surface area (Å²) >= 11 is 3.51. The number of aromatic nitrogens is 2. The van der Waals surface area contributed by atoms with Gasteiger partial charge in [0.25, 0.3) is 0 Å². The molecular weight excluding hydrogens is 244 g/mol. The third kappa shape index (κ3) is 1.67. The normalized spacial score (nSPS) is 11.0. The fourth-order valence-electron chi connectivity index (χ4n) is 1.47. The predicted octanol–water partition coefficient (Wildman–Crippen LogP) is 2.25. The monoisotopic (exact) mass is 254 g/mol. The molecule has 2 aromatic rings. The summed E-state index contributed by atoms with van der Waals surface area (Å²) in [5.41, 5.74) is 3.10. The predicted molar refractivity (Wildman–Crippen MR) is 59.2 cm³/mol. The first-order chi connectivity index (χ1) is 6.83. The van der Waals surface area contributed by atoms with Gasteiger partial charge in [-0.2, -0.15) is 0 Å². The maximum atomic E-state index is 8.75.